The third kappa shape index (κ3) is 3.34. The second-order valence-electron chi connectivity index (χ2n) is 5.09. The van der Waals surface area contributed by atoms with Crippen LogP contribution in [0.1, 0.15) is 28.4 Å². The minimum atomic E-state index is -0.0711. The second kappa shape index (κ2) is 6.31. The molecule has 2 rings (SSSR count). The first-order chi connectivity index (χ1) is 10.0. The van der Waals surface area contributed by atoms with Gasteiger partial charge in [0.05, 0.1) is 5.56 Å². The average Bonchev–Trinajstić information content (AvgIpc) is 2.46. The van der Waals surface area contributed by atoms with E-state index in [1.54, 1.807) is 23.1 Å². The molecular formula is C17H21N3O. The lowest BCUT2D eigenvalue weighted by Crippen LogP contribution is -2.31. The number of benzene rings is 2. The zero-order chi connectivity index (χ0) is 15.4. The molecule has 0 aliphatic rings. The normalized spacial score (nSPS) is 10.4. The molecule has 4 nitrogen and oxygen atoms in total. The summed E-state index contributed by atoms with van der Waals surface area (Å²) in [6, 6.07) is 13.1. The molecule has 0 saturated carbocycles. The highest BCUT2D eigenvalue weighted by Crippen LogP contribution is 2.19. The standard InChI is InChI=1S/C17H21N3O/c1-3-20(11-13-7-5-4-6-12(13)2)17(21)15-9-8-14(18)10-16(15)19/h4-10H,3,11,18-19H2,1-2H3. The second-order valence-corrected chi connectivity index (χ2v) is 5.09. The van der Waals surface area contributed by atoms with Gasteiger partial charge in [0.25, 0.3) is 5.91 Å². The Labute approximate surface area is 125 Å². The molecule has 0 saturated heterocycles. The summed E-state index contributed by atoms with van der Waals surface area (Å²) in [6.45, 7) is 5.21. The van der Waals surface area contributed by atoms with E-state index >= 15 is 0 Å². The van der Waals surface area contributed by atoms with Crippen molar-refractivity contribution in [2.75, 3.05) is 18.0 Å². The molecule has 0 aliphatic carbocycles. The maximum absolute atomic E-state index is 12.6. The van der Waals surface area contributed by atoms with Crippen LogP contribution in [0.2, 0.25) is 0 Å². The SMILES string of the molecule is CCN(Cc1ccccc1C)C(=O)c1ccc(N)cc1N. The Morgan fingerprint density at radius 2 is 1.86 bits per heavy atom. The van der Waals surface area contributed by atoms with Crippen LogP contribution >= 0.6 is 0 Å². The van der Waals surface area contributed by atoms with E-state index in [9.17, 15) is 4.79 Å². The number of nitrogens with zero attached hydrogens (tertiary/aromatic N) is 1. The zero-order valence-corrected chi connectivity index (χ0v) is 12.5. The molecule has 0 unspecified atom stereocenters. The number of carbonyl (C=O) groups excluding carboxylic acids is 1. The summed E-state index contributed by atoms with van der Waals surface area (Å²) < 4.78 is 0. The quantitative estimate of drug-likeness (QED) is 0.847. The molecule has 0 spiro atoms. The Bertz CT molecular complexity index is 652. The molecule has 0 fully saturated rings. The van der Waals surface area contributed by atoms with Gasteiger partial charge in [-0.2, -0.15) is 0 Å². The first-order valence-corrected chi connectivity index (χ1v) is 7.01. The van der Waals surface area contributed by atoms with Crippen LogP contribution in [0.15, 0.2) is 42.5 Å². The molecule has 0 heterocycles. The van der Waals surface area contributed by atoms with Gasteiger partial charge in [0.2, 0.25) is 0 Å². The van der Waals surface area contributed by atoms with Gasteiger partial charge in [0.1, 0.15) is 0 Å². The molecule has 110 valence electrons. The summed E-state index contributed by atoms with van der Waals surface area (Å²) in [5.41, 5.74) is 15.4. The number of nitrogen functional groups attached to an aromatic ring is 2. The van der Waals surface area contributed by atoms with Gasteiger partial charge in [0, 0.05) is 24.5 Å². The van der Waals surface area contributed by atoms with E-state index in [0.717, 1.165) is 5.56 Å². The number of amides is 1. The van der Waals surface area contributed by atoms with Gasteiger partial charge >= 0.3 is 0 Å². The van der Waals surface area contributed by atoms with Gasteiger partial charge in [-0.1, -0.05) is 24.3 Å². The Kier molecular flexibility index (Phi) is 4.48. The molecule has 2 aromatic rings. The molecule has 1 amide bonds. The van der Waals surface area contributed by atoms with Crippen LogP contribution < -0.4 is 11.5 Å². The van der Waals surface area contributed by atoms with E-state index < -0.39 is 0 Å². The molecule has 4 heteroatoms. The molecule has 0 aliphatic heterocycles. The number of nitrogens with two attached hydrogens (primary N) is 2. The van der Waals surface area contributed by atoms with Crippen molar-refractivity contribution in [2.45, 2.75) is 20.4 Å². The zero-order valence-electron chi connectivity index (χ0n) is 12.5. The van der Waals surface area contributed by atoms with Crippen molar-refractivity contribution in [3.63, 3.8) is 0 Å². The molecular weight excluding hydrogens is 262 g/mol. The predicted octanol–water partition coefficient (Wildman–Crippen LogP) is 2.82. The Morgan fingerprint density at radius 1 is 1.14 bits per heavy atom. The van der Waals surface area contributed by atoms with Crippen molar-refractivity contribution in [3.8, 4) is 0 Å². The number of hydrogen-bond acceptors (Lipinski definition) is 3. The van der Waals surface area contributed by atoms with Gasteiger partial charge in [-0.25, -0.2) is 0 Å². The Hall–Kier alpha value is -2.49. The first-order valence-electron chi connectivity index (χ1n) is 7.01. The number of anilines is 2. The van der Waals surface area contributed by atoms with Gasteiger partial charge < -0.3 is 16.4 Å². The number of carbonyl (C=O) groups is 1. The topological polar surface area (TPSA) is 72.3 Å². The van der Waals surface area contributed by atoms with Gasteiger partial charge in [-0.3, -0.25) is 4.79 Å². The molecule has 0 bridgehead atoms. The number of rotatable bonds is 4. The van der Waals surface area contributed by atoms with Crippen molar-refractivity contribution >= 4 is 17.3 Å². The maximum Gasteiger partial charge on any atom is 0.256 e. The highest BCUT2D eigenvalue weighted by Gasteiger charge is 2.17. The maximum atomic E-state index is 12.6. The smallest absolute Gasteiger partial charge is 0.256 e. The summed E-state index contributed by atoms with van der Waals surface area (Å²) in [5.74, 6) is -0.0711. The highest BCUT2D eigenvalue weighted by molar-refractivity contribution is 5.99. The summed E-state index contributed by atoms with van der Waals surface area (Å²) >= 11 is 0. The van der Waals surface area contributed by atoms with Crippen LogP contribution in [0.5, 0.6) is 0 Å². The van der Waals surface area contributed by atoms with Crippen molar-refractivity contribution in [2.24, 2.45) is 0 Å². The van der Waals surface area contributed by atoms with E-state index in [1.807, 2.05) is 38.1 Å². The van der Waals surface area contributed by atoms with E-state index in [-0.39, 0.29) is 5.91 Å². The van der Waals surface area contributed by atoms with E-state index in [2.05, 4.69) is 0 Å². The predicted molar refractivity (Wildman–Crippen MR) is 86.9 cm³/mol. The summed E-state index contributed by atoms with van der Waals surface area (Å²) in [6.07, 6.45) is 0. The summed E-state index contributed by atoms with van der Waals surface area (Å²) in [5, 5.41) is 0. The van der Waals surface area contributed by atoms with E-state index in [1.165, 1.54) is 5.56 Å². The van der Waals surface area contributed by atoms with Crippen LogP contribution in [0, 0.1) is 6.92 Å². The lowest BCUT2D eigenvalue weighted by atomic mass is 10.1. The Balaban J connectivity index is 2.25. The molecule has 0 aromatic heterocycles. The first kappa shape index (κ1) is 14.9. The van der Waals surface area contributed by atoms with Gasteiger partial charge in [0.15, 0.2) is 0 Å². The van der Waals surface area contributed by atoms with Crippen molar-refractivity contribution in [1.82, 2.24) is 4.90 Å². The third-order valence-electron chi connectivity index (χ3n) is 3.60. The van der Waals surface area contributed by atoms with Crippen molar-refractivity contribution < 1.29 is 4.79 Å². The van der Waals surface area contributed by atoms with Crippen molar-refractivity contribution in [3.05, 3.63) is 59.2 Å². The van der Waals surface area contributed by atoms with Crippen molar-refractivity contribution in [1.29, 1.82) is 0 Å². The third-order valence-corrected chi connectivity index (χ3v) is 3.60. The Morgan fingerprint density at radius 3 is 2.48 bits per heavy atom. The lowest BCUT2D eigenvalue weighted by Gasteiger charge is -2.23. The fraction of sp³-hybridized carbons (Fsp3) is 0.235. The van der Waals surface area contributed by atoms with Crippen LogP contribution in [0.3, 0.4) is 0 Å². The number of hydrogen-bond donors (Lipinski definition) is 2. The van der Waals surface area contributed by atoms with E-state index in [4.69, 9.17) is 11.5 Å². The fourth-order valence-electron chi connectivity index (χ4n) is 2.27. The average molecular weight is 283 g/mol. The lowest BCUT2D eigenvalue weighted by molar-refractivity contribution is 0.0753. The summed E-state index contributed by atoms with van der Waals surface area (Å²) in [7, 11) is 0. The van der Waals surface area contributed by atoms with E-state index in [0.29, 0.717) is 30.0 Å². The van der Waals surface area contributed by atoms with Gasteiger partial charge in [-0.15, -0.1) is 0 Å². The summed E-state index contributed by atoms with van der Waals surface area (Å²) in [4.78, 5) is 14.4. The largest absolute Gasteiger partial charge is 0.399 e. The minimum Gasteiger partial charge on any atom is -0.399 e. The molecule has 0 atom stereocenters. The number of aryl methyl sites for hydroxylation is 1. The monoisotopic (exact) mass is 283 g/mol. The highest BCUT2D eigenvalue weighted by atomic mass is 16.2. The molecule has 4 N–H and O–H groups in total. The van der Waals surface area contributed by atoms with Crippen LogP contribution in [0.4, 0.5) is 11.4 Å². The van der Waals surface area contributed by atoms with Crippen LogP contribution in [-0.4, -0.2) is 17.4 Å². The molecule has 2 aromatic carbocycles. The molecule has 21 heavy (non-hydrogen) atoms. The van der Waals surface area contributed by atoms with Crippen LogP contribution in [0.25, 0.3) is 0 Å². The molecule has 0 radical (unpaired) electrons. The minimum absolute atomic E-state index is 0.0711. The fourth-order valence-corrected chi connectivity index (χ4v) is 2.27. The van der Waals surface area contributed by atoms with Crippen LogP contribution in [-0.2, 0) is 6.54 Å². The van der Waals surface area contributed by atoms with Gasteiger partial charge in [-0.05, 0) is 43.2 Å².